The molecule has 0 unspecified atom stereocenters. The Hall–Kier alpha value is -1.26. The molecule has 96 valence electrons. The summed E-state index contributed by atoms with van der Waals surface area (Å²) in [6.45, 7) is 1.90. The van der Waals surface area contributed by atoms with Crippen molar-refractivity contribution < 1.29 is 9.90 Å². The second-order valence-corrected chi connectivity index (χ2v) is 4.83. The Kier molecular flexibility index (Phi) is 3.78. The minimum absolute atomic E-state index is 0.121. The van der Waals surface area contributed by atoms with E-state index in [-0.39, 0.29) is 6.54 Å². The average Bonchev–Trinajstić information content (AvgIpc) is 2.58. The van der Waals surface area contributed by atoms with Crippen LogP contribution < -0.4 is 0 Å². The standard InChI is InChI=1S/C12H12Cl2N2O2/c1-2-3-11-15-9-4-7(13)8(14)5-10(9)16(11)6-12(17)18/h4-5H,2-3,6H2,1H3,(H,17,18). The fourth-order valence-corrected chi connectivity index (χ4v) is 2.21. The first-order chi connectivity index (χ1) is 8.52. The molecular weight excluding hydrogens is 275 g/mol. The molecule has 0 bridgehead atoms. The zero-order valence-electron chi connectivity index (χ0n) is 9.78. The van der Waals surface area contributed by atoms with E-state index < -0.39 is 5.97 Å². The lowest BCUT2D eigenvalue weighted by atomic mass is 10.3. The minimum Gasteiger partial charge on any atom is -0.480 e. The van der Waals surface area contributed by atoms with Crippen molar-refractivity contribution in [3.05, 3.63) is 28.0 Å². The number of nitrogens with zero attached hydrogens (tertiary/aromatic N) is 2. The van der Waals surface area contributed by atoms with E-state index in [9.17, 15) is 4.79 Å². The Bertz CT molecular complexity index is 608. The van der Waals surface area contributed by atoms with Crippen LogP contribution in [-0.4, -0.2) is 20.6 Å². The van der Waals surface area contributed by atoms with Gasteiger partial charge in [-0.2, -0.15) is 0 Å². The van der Waals surface area contributed by atoms with Crippen LogP contribution in [0.2, 0.25) is 10.0 Å². The van der Waals surface area contributed by atoms with Crippen molar-refractivity contribution in [3.8, 4) is 0 Å². The van der Waals surface area contributed by atoms with Gasteiger partial charge >= 0.3 is 5.97 Å². The summed E-state index contributed by atoms with van der Waals surface area (Å²) in [5.41, 5.74) is 1.38. The normalized spacial score (nSPS) is 11.1. The summed E-state index contributed by atoms with van der Waals surface area (Å²) < 4.78 is 1.67. The molecule has 2 rings (SSSR count). The number of carboxylic acid groups (broad SMARTS) is 1. The van der Waals surface area contributed by atoms with E-state index in [0.29, 0.717) is 21.1 Å². The summed E-state index contributed by atoms with van der Waals surface area (Å²) in [5, 5.41) is 9.78. The Balaban J connectivity index is 2.64. The molecule has 1 heterocycles. The molecule has 0 aliphatic carbocycles. The number of fused-ring (bicyclic) bond motifs is 1. The molecule has 0 amide bonds. The number of carboxylic acids is 1. The van der Waals surface area contributed by atoms with Crippen LogP contribution in [0.5, 0.6) is 0 Å². The summed E-state index contributed by atoms with van der Waals surface area (Å²) in [5.74, 6) is -0.161. The van der Waals surface area contributed by atoms with Gasteiger partial charge in [-0.15, -0.1) is 0 Å². The van der Waals surface area contributed by atoms with Gasteiger partial charge in [-0.05, 0) is 18.6 Å². The number of hydrogen-bond donors (Lipinski definition) is 1. The van der Waals surface area contributed by atoms with Crippen LogP contribution in [0.4, 0.5) is 0 Å². The molecule has 1 aromatic carbocycles. The number of benzene rings is 1. The van der Waals surface area contributed by atoms with Gasteiger partial charge in [0.2, 0.25) is 0 Å². The summed E-state index contributed by atoms with van der Waals surface area (Å²) in [4.78, 5) is 15.3. The van der Waals surface area contributed by atoms with Crippen LogP contribution in [-0.2, 0) is 17.8 Å². The Morgan fingerprint density at radius 2 is 2.06 bits per heavy atom. The van der Waals surface area contributed by atoms with E-state index in [4.69, 9.17) is 28.3 Å². The highest BCUT2D eigenvalue weighted by Crippen LogP contribution is 2.28. The molecule has 1 N–H and O–H groups in total. The largest absolute Gasteiger partial charge is 0.480 e. The highest BCUT2D eigenvalue weighted by molar-refractivity contribution is 6.42. The number of rotatable bonds is 4. The van der Waals surface area contributed by atoms with E-state index in [1.165, 1.54) is 0 Å². The Labute approximate surface area is 114 Å². The third-order valence-electron chi connectivity index (χ3n) is 2.64. The van der Waals surface area contributed by atoms with Gasteiger partial charge in [-0.3, -0.25) is 4.79 Å². The molecule has 18 heavy (non-hydrogen) atoms. The SMILES string of the molecule is CCCc1nc2cc(Cl)c(Cl)cc2n1CC(=O)O. The quantitative estimate of drug-likeness (QED) is 0.937. The lowest BCUT2D eigenvalue weighted by Crippen LogP contribution is -2.11. The molecule has 6 heteroatoms. The van der Waals surface area contributed by atoms with Gasteiger partial charge in [0.15, 0.2) is 0 Å². The molecule has 0 saturated carbocycles. The predicted octanol–water partition coefficient (Wildman–Crippen LogP) is 3.38. The van der Waals surface area contributed by atoms with Crippen molar-refractivity contribution in [1.82, 2.24) is 9.55 Å². The fraction of sp³-hybridized carbons (Fsp3) is 0.333. The van der Waals surface area contributed by atoms with Crippen LogP contribution in [0.25, 0.3) is 11.0 Å². The number of imidazole rings is 1. The molecule has 0 atom stereocenters. The third-order valence-corrected chi connectivity index (χ3v) is 3.36. The second kappa shape index (κ2) is 5.16. The van der Waals surface area contributed by atoms with Gasteiger partial charge < -0.3 is 9.67 Å². The maximum Gasteiger partial charge on any atom is 0.323 e. The van der Waals surface area contributed by atoms with E-state index in [1.807, 2.05) is 6.92 Å². The van der Waals surface area contributed by atoms with Crippen LogP contribution in [0, 0.1) is 0 Å². The third kappa shape index (κ3) is 2.44. The van der Waals surface area contributed by atoms with Crippen molar-refractivity contribution in [2.24, 2.45) is 0 Å². The first-order valence-electron chi connectivity index (χ1n) is 5.59. The Morgan fingerprint density at radius 1 is 1.39 bits per heavy atom. The zero-order valence-corrected chi connectivity index (χ0v) is 11.3. The molecule has 0 saturated heterocycles. The van der Waals surface area contributed by atoms with Crippen LogP contribution in [0.3, 0.4) is 0 Å². The smallest absolute Gasteiger partial charge is 0.323 e. The highest BCUT2D eigenvalue weighted by Gasteiger charge is 2.14. The molecule has 0 radical (unpaired) electrons. The van der Waals surface area contributed by atoms with E-state index in [0.717, 1.165) is 18.7 Å². The van der Waals surface area contributed by atoms with Crippen molar-refractivity contribution in [2.75, 3.05) is 0 Å². The van der Waals surface area contributed by atoms with Gasteiger partial charge in [0.1, 0.15) is 12.4 Å². The van der Waals surface area contributed by atoms with Gasteiger partial charge in [-0.25, -0.2) is 4.98 Å². The first kappa shape index (κ1) is 13.2. The molecule has 1 aromatic heterocycles. The molecule has 4 nitrogen and oxygen atoms in total. The number of carbonyl (C=O) groups is 1. The van der Waals surface area contributed by atoms with Crippen molar-refractivity contribution in [1.29, 1.82) is 0 Å². The van der Waals surface area contributed by atoms with Gasteiger partial charge in [0, 0.05) is 6.42 Å². The number of hydrogen-bond acceptors (Lipinski definition) is 2. The van der Waals surface area contributed by atoms with Gasteiger partial charge in [0.25, 0.3) is 0 Å². The molecular formula is C12H12Cl2N2O2. The van der Waals surface area contributed by atoms with E-state index >= 15 is 0 Å². The maximum absolute atomic E-state index is 10.9. The average molecular weight is 287 g/mol. The molecule has 0 spiro atoms. The van der Waals surface area contributed by atoms with Crippen LogP contribution in [0.15, 0.2) is 12.1 Å². The highest BCUT2D eigenvalue weighted by atomic mass is 35.5. The second-order valence-electron chi connectivity index (χ2n) is 4.01. The number of aryl methyl sites for hydroxylation is 1. The Morgan fingerprint density at radius 3 is 2.67 bits per heavy atom. The van der Waals surface area contributed by atoms with Crippen LogP contribution >= 0.6 is 23.2 Å². The topological polar surface area (TPSA) is 55.1 Å². The molecule has 0 aliphatic heterocycles. The number of aromatic nitrogens is 2. The fourth-order valence-electron chi connectivity index (χ4n) is 1.90. The molecule has 0 fully saturated rings. The molecule has 2 aromatic rings. The lowest BCUT2D eigenvalue weighted by molar-refractivity contribution is -0.137. The summed E-state index contributed by atoms with van der Waals surface area (Å²) in [6.07, 6.45) is 1.61. The van der Waals surface area contributed by atoms with E-state index in [1.54, 1.807) is 16.7 Å². The van der Waals surface area contributed by atoms with E-state index in [2.05, 4.69) is 4.98 Å². The van der Waals surface area contributed by atoms with Crippen molar-refractivity contribution >= 4 is 40.2 Å². The lowest BCUT2D eigenvalue weighted by Gasteiger charge is -2.05. The maximum atomic E-state index is 10.9. The number of aliphatic carboxylic acids is 1. The summed E-state index contributed by atoms with van der Waals surface area (Å²) in [7, 11) is 0. The summed E-state index contributed by atoms with van der Waals surface area (Å²) in [6, 6.07) is 3.32. The van der Waals surface area contributed by atoms with Crippen molar-refractivity contribution in [3.63, 3.8) is 0 Å². The van der Waals surface area contributed by atoms with Crippen LogP contribution in [0.1, 0.15) is 19.2 Å². The zero-order chi connectivity index (χ0) is 13.3. The van der Waals surface area contributed by atoms with Gasteiger partial charge in [-0.1, -0.05) is 30.1 Å². The minimum atomic E-state index is -0.905. The monoisotopic (exact) mass is 286 g/mol. The predicted molar refractivity (Wildman–Crippen MR) is 71.4 cm³/mol. The number of halogens is 2. The summed E-state index contributed by atoms with van der Waals surface area (Å²) >= 11 is 11.9. The van der Waals surface area contributed by atoms with Gasteiger partial charge in [0.05, 0.1) is 21.1 Å². The first-order valence-corrected chi connectivity index (χ1v) is 6.34. The van der Waals surface area contributed by atoms with Crippen molar-refractivity contribution in [2.45, 2.75) is 26.3 Å². The molecule has 0 aliphatic rings.